The third kappa shape index (κ3) is 3.23. The average molecular weight is 396 g/mol. The number of methoxy groups -OCH3 is 1. The minimum Gasteiger partial charge on any atom is -0.497 e. The van der Waals surface area contributed by atoms with Gasteiger partial charge in [0.05, 0.1) is 18.5 Å². The van der Waals surface area contributed by atoms with Crippen molar-refractivity contribution in [3.8, 4) is 11.4 Å². The molecule has 0 atom stereocenters. The summed E-state index contributed by atoms with van der Waals surface area (Å²) in [5.41, 5.74) is 2.89. The van der Waals surface area contributed by atoms with Gasteiger partial charge in [0.2, 0.25) is 0 Å². The number of aromatic nitrogens is 2. The van der Waals surface area contributed by atoms with E-state index in [2.05, 4.69) is 10.4 Å². The number of hydrogen-bond acceptors (Lipinski definition) is 4. The molecule has 4 rings (SSSR count). The first-order valence-corrected chi connectivity index (χ1v) is 9.05. The summed E-state index contributed by atoms with van der Waals surface area (Å²) < 4.78 is 12.7. The molecule has 0 aliphatic carbocycles. The Kier molecular flexibility index (Phi) is 4.57. The van der Waals surface area contributed by atoms with E-state index in [4.69, 9.17) is 20.8 Å². The van der Waals surface area contributed by atoms with Crippen LogP contribution in [0, 0.1) is 13.8 Å². The molecule has 2 aromatic carbocycles. The van der Waals surface area contributed by atoms with Gasteiger partial charge in [0, 0.05) is 22.0 Å². The van der Waals surface area contributed by atoms with Crippen LogP contribution < -0.4 is 10.1 Å². The van der Waals surface area contributed by atoms with Crippen molar-refractivity contribution in [2.75, 3.05) is 12.4 Å². The fraction of sp³-hybridized carbons (Fsp3) is 0.143. The number of fused-ring (bicyclic) bond motifs is 1. The predicted molar refractivity (Wildman–Crippen MR) is 109 cm³/mol. The van der Waals surface area contributed by atoms with Crippen LogP contribution in [0.5, 0.6) is 5.75 Å². The molecule has 0 aliphatic rings. The molecule has 4 aromatic rings. The largest absolute Gasteiger partial charge is 0.497 e. The second kappa shape index (κ2) is 7.05. The Morgan fingerprint density at radius 2 is 2.00 bits per heavy atom. The maximum absolute atomic E-state index is 12.9. The molecule has 2 aromatic heterocycles. The van der Waals surface area contributed by atoms with Crippen LogP contribution in [-0.2, 0) is 0 Å². The molecule has 0 spiro atoms. The van der Waals surface area contributed by atoms with Crippen LogP contribution in [0.4, 0.5) is 5.82 Å². The van der Waals surface area contributed by atoms with Gasteiger partial charge in [-0.25, -0.2) is 4.68 Å². The number of anilines is 1. The van der Waals surface area contributed by atoms with E-state index in [1.165, 1.54) is 0 Å². The number of carbonyl (C=O) groups excluding carboxylic acids is 1. The number of amides is 1. The fourth-order valence-corrected chi connectivity index (χ4v) is 3.29. The van der Waals surface area contributed by atoms with Gasteiger partial charge in [0.25, 0.3) is 5.91 Å². The molecule has 142 valence electrons. The third-order valence-electron chi connectivity index (χ3n) is 4.48. The van der Waals surface area contributed by atoms with Crippen molar-refractivity contribution < 1.29 is 13.9 Å². The van der Waals surface area contributed by atoms with Gasteiger partial charge >= 0.3 is 0 Å². The summed E-state index contributed by atoms with van der Waals surface area (Å²) in [6.45, 7) is 3.70. The van der Waals surface area contributed by atoms with Gasteiger partial charge in [-0.15, -0.1) is 0 Å². The molecule has 7 heteroatoms. The summed E-state index contributed by atoms with van der Waals surface area (Å²) in [4.78, 5) is 12.9. The minimum atomic E-state index is -0.351. The third-order valence-corrected chi connectivity index (χ3v) is 4.71. The van der Waals surface area contributed by atoms with Crippen molar-refractivity contribution in [1.82, 2.24) is 9.78 Å². The van der Waals surface area contributed by atoms with Crippen molar-refractivity contribution in [2.24, 2.45) is 0 Å². The molecule has 1 amide bonds. The normalized spacial score (nSPS) is 11.0. The van der Waals surface area contributed by atoms with Crippen molar-refractivity contribution in [3.05, 3.63) is 70.6 Å². The Hall–Kier alpha value is -3.25. The van der Waals surface area contributed by atoms with Gasteiger partial charge in [-0.05, 0) is 50.2 Å². The van der Waals surface area contributed by atoms with Crippen LogP contribution >= 0.6 is 11.6 Å². The number of furan rings is 1. The number of hydrogen-bond donors (Lipinski definition) is 1. The number of halogens is 1. The zero-order valence-corrected chi connectivity index (χ0v) is 16.4. The number of nitrogens with one attached hydrogen (secondary N) is 1. The van der Waals surface area contributed by atoms with E-state index in [1.54, 1.807) is 42.1 Å². The number of carbonyl (C=O) groups is 1. The minimum absolute atomic E-state index is 0.250. The molecule has 0 saturated carbocycles. The molecular formula is C21H18ClN3O3. The van der Waals surface area contributed by atoms with Crippen LogP contribution in [0.3, 0.4) is 0 Å². The number of rotatable bonds is 4. The van der Waals surface area contributed by atoms with Crippen molar-refractivity contribution in [2.45, 2.75) is 13.8 Å². The Bertz CT molecular complexity index is 1190. The van der Waals surface area contributed by atoms with Gasteiger partial charge in [0.15, 0.2) is 5.76 Å². The van der Waals surface area contributed by atoms with E-state index in [9.17, 15) is 4.79 Å². The fourth-order valence-electron chi connectivity index (χ4n) is 3.11. The quantitative estimate of drug-likeness (QED) is 0.518. The summed E-state index contributed by atoms with van der Waals surface area (Å²) in [5, 5.41) is 8.77. The lowest BCUT2D eigenvalue weighted by Crippen LogP contribution is -2.15. The Labute approximate surface area is 166 Å². The van der Waals surface area contributed by atoms with E-state index in [0.717, 1.165) is 22.3 Å². The Balaban J connectivity index is 1.70. The summed E-state index contributed by atoms with van der Waals surface area (Å²) in [7, 11) is 1.60. The topological polar surface area (TPSA) is 69.3 Å². The maximum atomic E-state index is 12.9. The summed E-state index contributed by atoms with van der Waals surface area (Å²) in [6, 6.07) is 14.5. The van der Waals surface area contributed by atoms with E-state index in [-0.39, 0.29) is 11.7 Å². The predicted octanol–water partition coefficient (Wildman–Crippen LogP) is 5.15. The standard InChI is InChI=1S/C21H18ClN3O3/c1-12-9-19(25(24-12)15-6-4-5-14(22)10-15)23-21(26)20-13(2)17-11-16(27-3)7-8-18(17)28-20/h4-11H,1-3H3,(H,23,26). The SMILES string of the molecule is COc1ccc2oc(C(=O)Nc3cc(C)nn3-c3cccc(Cl)c3)c(C)c2c1. The van der Waals surface area contributed by atoms with Gasteiger partial charge in [0.1, 0.15) is 17.2 Å². The van der Waals surface area contributed by atoms with Gasteiger partial charge in [-0.2, -0.15) is 5.10 Å². The first kappa shape index (κ1) is 18.1. The van der Waals surface area contributed by atoms with E-state index in [1.807, 2.05) is 32.0 Å². The zero-order valence-electron chi connectivity index (χ0n) is 15.6. The van der Waals surface area contributed by atoms with Crippen LogP contribution in [-0.4, -0.2) is 22.8 Å². The van der Waals surface area contributed by atoms with Gasteiger partial charge in [-0.1, -0.05) is 17.7 Å². The molecule has 2 heterocycles. The molecule has 0 radical (unpaired) electrons. The molecule has 0 aliphatic heterocycles. The van der Waals surface area contributed by atoms with Gasteiger partial charge < -0.3 is 14.5 Å². The number of aryl methyl sites for hydroxylation is 2. The van der Waals surface area contributed by atoms with Crippen molar-refractivity contribution in [1.29, 1.82) is 0 Å². The summed E-state index contributed by atoms with van der Waals surface area (Å²) >= 11 is 6.09. The lowest BCUT2D eigenvalue weighted by atomic mass is 10.1. The van der Waals surface area contributed by atoms with Crippen LogP contribution in [0.1, 0.15) is 21.8 Å². The van der Waals surface area contributed by atoms with Crippen molar-refractivity contribution >= 4 is 34.3 Å². The first-order valence-electron chi connectivity index (χ1n) is 8.67. The number of nitrogens with zero attached hydrogens (tertiary/aromatic N) is 2. The highest BCUT2D eigenvalue weighted by molar-refractivity contribution is 6.30. The highest BCUT2D eigenvalue weighted by atomic mass is 35.5. The summed E-state index contributed by atoms with van der Waals surface area (Å²) in [5.74, 6) is 1.14. The maximum Gasteiger partial charge on any atom is 0.292 e. The van der Waals surface area contributed by atoms with E-state index < -0.39 is 0 Å². The van der Waals surface area contributed by atoms with E-state index in [0.29, 0.717) is 22.2 Å². The molecule has 28 heavy (non-hydrogen) atoms. The molecule has 0 fully saturated rings. The highest BCUT2D eigenvalue weighted by Crippen LogP contribution is 2.29. The van der Waals surface area contributed by atoms with Crippen LogP contribution in [0.15, 0.2) is 52.9 Å². The average Bonchev–Trinajstić information content (AvgIpc) is 3.21. The lowest BCUT2D eigenvalue weighted by Gasteiger charge is -2.08. The molecule has 0 saturated heterocycles. The van der Waals surface area contributed by atoms with Crippen LogP contribution in [0.25, 0.3) is 16.7 Å². The molecular weight excluding hydrogens is 378 g/mol. The molecule has 6 nitrogen and oxygen atoms in total. The van der Waals surface area contributed by atoms with Crippen molar-refractivity contribution in [3.63, 3.8) is 0 Å². The molecule has 0 unspecified atom stereocenters. The second-order valence-electron chi connectivity index (χ2n) is 6.44. The highest BCUT2D eigenvalue weighted by Gasteiger charge is 2.20. The smallest absolute Gasteiger partial charge is 0.292 e. The first-order chi connectivity index (χ1) is 13.5. The van der Waals surface area contributed by atoms with E-state index >= 15 is 0 Å². The molecule has 0 bridgehead atoms. The second-order valence-corrected chi connectivity index (χ2v) is 6.87. The zero-order chi connectivity index (χ0) is 19.8. The van der Waals surface area contributed by atoms with Crippen LogP contribution in [0.2, 0.25) is 5.02 Å². The Morgan fingerprint density at radius 1 is 1.18 bits per heavy atom. The lowest BCUT2D eigenvalue weighted by molar-refractivity contribution is 0.0997. The summed E-state index contributed by atoms with van der Waals surface area (Å²) in [6.07, 6.45) is 0. The molecule has 1 N–H and O–H groups in total. The van der Waals surface area contributed by atoms with Gasteiger partial charge in [-0.3, -0.25) is 4.79 Å². The Morgan fingerprint density at radius 3 is 2.75 bits per heavy atom. The monoisotopic (exact) mass is 395 g/mol. The number of benzene rings is 2. The number of ether oxygens (including phenoxy) is 1.